The Morgan fingerprint density at radius 2 is 1.89 bits per heavy atom. The molecule has 1 saturated carbocycles. The molecule has 0 radical (unpaired) electrons. The van der Waals surface area contributed by atoms with Gasteiger partial charge in [-0.05, 0) is 52.9 Å². The van der Waals surface area contributed by atoms with E-state index < -0.39 is 11.7 Å². The highest BCUT2D eigenvalue weighted by atomic mass is 16.6. The number of hydrogen-bond acceptors (Lipinski definition) is 6. The molecule has 0 bridgehead atoms. The lowest BCUT2D eigenvalue weighted by Crippen LogP contribution is -2.33. The van der Waals surface area contributed by atoms with Gasteiger partial charge in [-0.3, -0.25) is 4.79 Å². The molecule has 1 N–H and O–H groups in total. The van der Waals surface area contributed by atoms with Crippen molar-refractivity contribution in [1.82, 2.24) is 15.5 Å². The molecule has 1 aliphatic carbocycles. The molecule has 0 aromatic carbocycles. The zero-order valence-corrected chi connectivity index (χ0v) is 17.2. The first-order chi connectivity index (χ1) is 12.7. The van der Waals surface area contributed by atoms with E-state index in [1.54, 1.807) is 0 Å². The van der Waals surface area contributed by atoms with Crippen molar-refractivity contribution in [2.24, 2.45) is 5.92 Å². The van der Waals surface area contributed by atoms with E-state index in [1.807, 2.05) is 34.6 Å². The fraction of sp³-hybridized carbons (Fsp3) is 0.800. The molecule has 0 spiro atoms. The van der Waals surface area contributed by atoms with Gasteiger partial charge < -0.3 is 14.6 Å². The van der Waals surface area contributed by atoms with Crippen LogP contribution in [0, 0.1) is 5.92 Å². The van der Waals surface area contributed by atoms with Crippen LogP contribution in [0.4, 0.5) is 4.79 Å². The van der Waals surface area contributed by atoms with Crippen molar-refractivity contribution >= 4 is 11.9 Å². The number of amides is 1. The van der Waals surface area contributed by atoms with Crippen LogP contribution in [0.15, 0.2) is 4.52 Å². The van der Waals surface area contributed by atoms with Gasteiger partial charge in [-0.15, -0.1) is 0 Å². The Kier molecular flexibility index (Phi) is 7.39. The zero-order valence-electron chi connectivity index (χ0n) is 17.2. The van der Waals surface area contributed by atoms with Crippen molar-refractivity contribution < 1.29 is 18.8 Å². The van der Waals surface area contributed by atoms with Gasteiger partial charge in [0.2, 0.25) is 5.89 Å². The number of ether oxygens (including phenoxy) is 1. The third-order valence-electron chi connectivity index (χ3n) is 4.77. The summed E-state index contributed by atoms with van der Waals surface area (Å²) in [6, 6.07) is 0. The lowest BCUT2D eigenvalue weighted by Gasteiger charge is -2.25. The highest BCUT2D eigenvalue weighted by Gasteiger charge is 2.29. The Balaban J connectivity index is 1.66. The molecular weight excluding hydrogens is 346 g/mol. The average Bonchev–Trinajstić information content (AvgIpc) is 3.07. The molecule has 7 heteroatoms. The number of alkyl carbamates (subject to hydrolysis) is 1. The molecular formula is C20H33N3O4. The Bertz CT molecular complexity index is 625. The van der Waals surface area contributed by atoms with Crippen LogP contribution >= 0.6 is 0 Å². The molecule has 2 rings (SSSR count). The van der Waals surface area contributed by atoms with E-state index in [-0.39, 0.29) is 17.6 Å². The van der Waals surface area contributed by atoms with E-state index in [2.05, 4.69) is 15.5 Å². The third-order valence-corrected chi connectivity index (χ3v) is 4.77. The first kappa shape index (κ1) is 21.4. The molecule has 27 heavy (non-hydrogen) atoms. The summed E-state index contributed by atoms with van der Waals surface area (Å²) >= 11 is 0. The number of rotatable bonds is 7. The van der Waals surface area contributed by atoms with Crippen molar-refractivity contribution in [3.05, 3.63) is 11.7 Å². The molecule has 1 amide bonds. The van der Waals surface area contributed by atoms with Crippen LogP contribution in [-0.2, 0) is 9.53 Å². The summed E-state index contributed by atoms with van der Waals surface area (Å²) in [4.78, 5) is 28.5. The second-order valence-corrected chi connectivity index (χ2v) is 8.69. The predicted molar refractivity (Wildman–Crippen MR) is 102 cm³/mol. The van der Waals surface area contributed by atoms with Crippen LogP contribution in [0.25, 0.3) is 0 Å². The fourth-order valence-electron chi connectivity index (χ4n) is 3.29. The molecule has 1 aliphatic rings. The number of ketones is 1. The number of nitrogens with zero attached hydrogens (tertiary/aromatic N) is 2. The molecule has 0 unspecified atom stereocenters. The molecule has 1 heterocycles. The van der Waals surface area contributed by atoms with Crippen molar-refractivity contribution in [2.75, 3.05) is 6.54 Å². The average molecular weight is 380 g/mol. The van der Waals surface area contributed by atoms with E-state index in [0.29, 0.717) is 31.2 Å². The number of carbonyl (C=O) groups is 2. The van der Waals surface area contributed by atoms with Crippen LogP contribution in [0.1, 0.15) is 96.7 Å². The zero-order chi connectivity index (χ0) is 20.0. The van der Waals surface area contributed by atoms with Crippen molar-refractivity contribution in [3.8, 4) is 0 Å². The standard InChI is InChI=1S/C20H33N3O4/c1-13(2)18-22-17(23-27-18)15-10-8-14(9-11-15)16(24)7-6-12-21-19(25)26-20(3,4)5/h13-15H,6-12H2,1-5H3,(H,21,25). The van der Waals surface area contributed by atoms with Gasteiger partial charge in [-0.2, -0.15) is 4.98 Å². The van der Waals surface area contributed by atoms with Gasteiger partial charge >= 0.3 is 6.09 Å². The van der Waals surface area contributed by atoms with Crippen LogP contribution in [-0.4, -0.2) is 34.2 Å². The number of hydrogen-bond donors (Lipinski definition) is 1. The number of nitrogens with one attached hydrogen (secondary N) is 1. The van der Waals surface area contributed by atoms with Crippen molar-refractivity contribution in [1.29, 1.82) is 0 Å². The third kappa shape index (κ3) is 6.96. The van der Waals surface area contributed by atoms with Gasteiger partial charge in [0.15, 0.2) is 5.82 Å². The van der Waals surface area contributed by atoms with E-state index in [4.69, 9.17) is 9.26 Å². The summed E-state index contributed by atoms with van der Waals surface area (Å²) < 4.78 is 10.5. The molecule has 0 saturated heterocycles. The minimum Gasteiger partial charge on any atom is -0.444 e. The second-order valence-electron chi connectivity index (χ2n) is 8.69. The summed E-state index contributed by atoms with van der Waals surface area (Å²) in [7, 11) is 0. The molecule has 1 aromatic heterocycles. The van der Waals surface area contributed by atoms with Gasteiger partial charge in [0.25, 0.3) is 0 Å². The van der Waals surface area contributed by atoms with E-state index in [9.17, 15) is 9.59 Å². The van der Waals surface area contributed by atoms with E-state index in [1.165, 1.54) is 0 Å². The van der Waals surface area contributed by atoms with Crippen molar-refractivity contribution in [2.45, 2.75) is 90.6 Å². The van der Waals surface area contributed by atoms with Gasteiger partial charge in [-0.25, -0.2) is 4.79 Å². The highest BCUT2D eigenvalue weighted by Crippen LogP contribution is 2.35. The van der Waals surface area contributed by atoms with Crippen molar-refractivity contribution in [3.63, 3.8) is 0 Å². The van der Waals surface area contributed by atoms with Crippen LogP contribution in [0.2, 0.25) is 0 Å². The van der Waals surface area contributed by atoms with E-state index >= 15 is 0 Å². The molecule has 0 atom stereocenters. The minimum atomic E-state index is -0.507. The molecule has 0 aliphatic heterocycles. The van der Waals surface area contributed by atoms with Crippen LogP contribution in [0.3, 0.4) is 0 Å². The lowest BCUT2D eigenvalue weighted by atomic mass is 9.79. The number of aromatic nitrogens is 2. The number of Topliss-reactive ketones (excluding diaryl/α,β-unsaturated/α-hetero) is 1. The molecule has 7 nitrogen and oxygen atoms in total. The highest BCUT2D eigenvalue weighted by molar-refractivity contribution is 5.81. The summed E-state index contributed by atoms with van der Waals surface area (Å²) in [5.41, 5.74) is -0.507. The van der Waals surface area contributed by atoms with Gasteiger partial charge in [-0.1, -0.05) is 19.0 Å². The summed E-state index contributed by atoms with van der Waals surface area (Å²) in [5, 5.41) is 6.81. The first-order valence-corrected chi connectivity index (χ1v) is 9.98. The maximum absolute atomic E-state index is 12.4. The Hall–Kier alpha value is -1.92. The maximum atomic E-state index is 12.4. The summed E-state index contributed by atoms with van der Waals surface area (Å²) in [5.74, 6) is 2.39. The first-order valence-electron chi connectivity index (χ1n) is 9.98. The summed E-state index contributed by atoms with van der Waals surface area (Å²) in [6.07, 6.45) is 4.28. The Morgan fingerprint density at radius 3 is 2.44 bits per heavy atom. The van der Waals surface area contributed by atoms with Gasteiger partial charge in [0.1, 0.15) is 11.4 Å². The predicted octanol–water partition coefficient (Wildman–Crippen LogP) is 4.34. The minimum absolute atomic E-state index is 0.110. The Morgan fingerprint density at radius 1 is 1.22 bits per heavy atom. The van der Waals surface area contributed by atoms with Gasteiger partial charge in [0.05, 0.1) is 0 Å². The normalized spacial score (nSPS) is 20.5. The monoisotopic (exact) mass is 379 g/mol. The molecule has 1 fully saturated rings. The quantitative estimate of drug-likeness (QED) is 0.708. The molecule has 1 aromatic rings. The number of carbonyl (C=O) groups excluding carboxylic acids is 2. The second kappa shape index (κ2) is 9.33. The maximum Gasteiger partial charge on any atom is 0.407 e. The van der Waals surface area contributed by atoms with Crippen LogP contribution in [0.5, 0.6) is 0 Å². The molecule has 152 valence electrons. The smallest absolute Gasteiger partial charge is 0.407 e. The van der Waals surface area contributed by atoms with Gasteiger partial charge in [0, 0.05) is 30.7 Å². The fourth-order valence-corrected chi connectivity index (χ4v) is 3.29. The Labute approximate surface area is 161 Å². The topological polar surface area (TPSA) is 94.3 Å². The largest absolute Gasteiger partial charge is 0.444 e. The lowest BCUT2D eigenvalue weighted by molar-refractivity contribution is -0.124. The SMILES string of the molecule is CC(C)c1nc(C2CCC(C(=O)CCCNC(=O)OC(C)(C)C)CC2)no1. The summed E-state index contributed by atoms with van der Waals surface area (Å²) in [6.45, 7) is 9.99. The van der Waals surface area contributed by atoms with Crippen LogP contribution < -0.4 is 5.32 Å². The van der Waals surface area contributed by atoms with E-state index in [0.717, 1.165) is 31.5 Å².